The van der Waals surface area contributed by atoms with Gasteiger partial charge in [-0.25, -0.2) is 0 Å². The quantitative estimate of drug-likeness (QED) is 0.678. The van der Waals surface area contributed by atoms with Gasteiger partial charge in [0.1, 0.15) is 0 Å². The minimum Gasteiger partial charge on any atom is -0.385 e. The van der Waals surface area contributed by atoms with Crippen LogP contribution in [0.3, 0.4) is 0 Å². The summed E-state index contributed by atoms with van der Waals surface area (Å²) in [5, 5.41) is 3.45. The van der Waals surface area contributed by atoms with Gasteiger partial charge in [-0.3, -0.25) is 0 Å². The molecule has 15 heavy (non-hydrogen) atoms. The second-order valence-corrected chi connectivity index (χ2v) is 4.35. The molecular formula is C12H26N2O. The number of methoxy groups -OCH3 is 1. The van der Waals surface area contributed by atoms with Gasteiger partial charge in [-0.15, -0.1) is 0 Å². The lowest BCUT2D eigenvalue weighted by Gasteiger charge is -2.24. The van der Waals surface area contributed by atoms with Crippen LogP contribution in [0.25, 0.3) is 0 Å². The van der Waals surface area contributed by atoms with Crippen LogP contribution in [-0.2, 0) is 4.74 Å². The SMILES string of the molecule is COCCCCCN1CCCNCCC1. The van der Waals surface area contributed by atoms with Crippen LogP contribution < -0.4 is 5.32 Å². The summed E-state index contributed by atoms with van der Waals surface area (Å²) in [5.41, 5.74) is 0. The zero-order chi connectivity index (χ0) is 10.8. The summed E-state index contributed by atoms with van der Waals surface area (Å²) in [6.07, 6.45) is 6.46. The van der Waals surface area contributed by atoms with Gasteiger partial charge in [0.05, 0.1) is 0 Å². The van der Waals surface area contributed by atoms with E-state index >= 15 is 0 Å². The standard InChI is InChI=1S/C12H26N2O/c1-15-12-4-2-3-9-14-10-5-7-13-8-6-11-14/h13H,2-12H2,1H3. The fourth-order valence-corrected chi connectivity index (χ4v) is 2.07. The second kappa shape index (κ2) is 9.13. The van der Waals surface area contributed by atoms with Crippen molar-refractivity contribution in [1.29, 1.82) is 0 Å². The second-order valence-electron chi connectivity index (χ2n) is 4.35. The Morgan fingerprint density at radius 3 is 2.47 bits per heavy atom. The van der Waals surface area contributed by atoms with Gasteiger partial charge in [0, 0.05) is 13.7 Å². The minimum atomic E-state index is 0.921. The van der Waals surface area contributed by atoms with Gasteiger partial charge in [-0.05, 0) is 64.8 Å². The number of ether oxygens (including phenoxy) is 1. The lowest BCUT2D eigenvalue weighted by molar-refractivity contribution is 0.188. The Bertz CT molecular complexity index is 134. The van der Waals surface area contributed by atoms with Crippen molar-refractivity contribution in [2.75, 3.05) is 46.4 Å². The molecule has 0 aromatic rings. The van der Waals surface area contributed by atoms with Gasteiger partial charge < -0.3 is 15.0 Å². The molecule has 0 unspecified atom stereocenters. The molecule has 0 amide bonds. The van der Waals surface area contributed by atoms with Crippen molar-refractivity contribution in [1.82, 2.24) is 10.2 Å². The first kappa shape index (κ1) is 12.9. The highest BCUT2D eigenvalue weighted by atomic mass is 16.5. The van der Waals surface area contributed by atoms with E-state index in [2.05, 4.69) is 10.2 Å². The van der Waals surface area contributed by atoms with Gasteiger partial charge in [-0.2, -0.15) is 0 Å². The van der Waals surface area contributed by atoms with Crippen molar-refractivity contribution in [2.45, 2.75) is 32.1 Å². The van der Waals surface area contributed by atoms with Gasteiger partial charge in [0.15, 0.2) is 0 Å². The summed E-state index contributed by atoms with van der Waals surface area (Å²) in [4.78, 5) is 2.62. The average molecular weight is 214 g/mol. The molecule has 1 aliphatic rings. The summed E-state index contributed by atoms with van der Waals surface area (Å²) < 4.78 is 5.05. The topological polar surface area (TPSA) is 24.5 Å². The van der Waals surface area contributed by atoms with E-state index in [1.165, 1.54) is 64.8 Å². The summed E-state index contributed by atoms with van der Waals surface area (Å²) in [6, 6.07) is 0. The molecule has 3 nitrogen and oxygen atoms in total. The molecule has 0 saturated carbocycles. The molecule has 0 aliphatic carbocycles. The van der Waals surface area contributed by atoms with Crippen molar-refractivity contribution >= 4 is 0 Å². The highest BCUT2D eigenvalue weighted by molar-refractivity contribution is 4.64. The number of nitrogens with one attached hydrogen (secondary N) is 1. The monoisotopic (exact) mass is 214 g/mol. The Morgan fingerprint density at radius 2 is 1.80 bits per heavy atom. The molecule has 1 heterocycles. The largest absolute Gasteiger partial charge is 0.385 e. The molecule has 0 bridgehead atoms. The summed E-state index contributed by atoms with van der Waals surface area (Å²) in [6.45, 7) is 7.14. The highest BCUT2D eigenvalue weighted by Crippen LogP contribution is 2.02. The van der Waals surface area contributed by atoms with Crippen molar-refractivity contribution in [3.05, 3.63) is 0 Å². The molecule has 1 saturated heterocycles. The van der Waals surface area contributed by atoms with Crippen LogP contribution in [0, 0.1) is 0 Å². The third-order valence-electron chi connectivity index (χ3n) is 2.98. The zero-order valence-electron chi connectivity index (χ0n) is 10.1. The van der Waals surface area contributed by atoms with Crippen LogP contribution in [0.15, 0.2) is 0 Å². The Morgan fingerprint density at radius 1 is 1.07 bits per heavy atom. The maximum atomic E-state index is 5.05. The van der Waals surface area contributed by atoms with Crippen LogP contribution in [0.1, 0.15) is 32.1 Å². The number of unbranched alkanes of at least 4 members (excludes halogenated alkanes) is 2. The zero-order valence-corrected chi connectivity index (χ0v) is 10.1. The Kier molecular flexibility index (Phi) is 7.88. The van der Waals surface area contributed by atoms with E-state index in [0.29, 0.717) is 0 Å². The van der Waals surface area contributed by atoms with E-state index in [1.54, 1.807) is 7.11 Å². The Hall–Kier alpha value is -0.120. The lowest BCUT2D eigenvalue weighted by atomic mass is 10.2. The highest BCUT2D eigenvalue weighted by Gasteiger charge is 2.06. The molecule has 1 N–H and O–H groups in total. The van der Waals surface area contributed by atoms with E-state index in [-0.39, 0.29) is 0 Å². The lowest BCUT2D eigenvalue weighted by Crippen LogP contribution is -2.34. The van der Waals surface area contributed by atoms with E-state index < -0.39 is 0 Å². The van der Waals surface area contributed by atoms with E-state index in [0.717, 1.165) is 6.61 Å². The van der Waals surface area contributed by atoms with Gasteiger partial charge in [0.25, 0.3) is 0 Å². The van der Waals surface area contributed by atoms with Gasteiger partial charge >= 0.3 is 0 Å². The van der Waals surface area contributed by atoms with Gasteiger partial charge in [0.2, 0.25) is 0 Å². The molecule has 0 spiro atoms. The molecule has 0 aromatic carbocycles. The first-order valence-electron chi connectivity index (χ1n) is 6.35. The number of hydrogen-bond donors (Lipinski definition) is 1. The minimum absolute atomic E-state index is 0.921. The fraction of sp³-hybridized carbons (Fsp3) is 1.00. The van der Waals surface area contributed by atoms with Crippen molar-refractivity contribution in [3.8, 4) is 0 Å². The molecule has 3 heteroatoms. The first-order chi connectivity index (χ1) is 7.43. The summed E-state index contributed by atoms with van der Waals surface area (Å²) in [5.74, 6) is 0. The Labute approximate surface area is 94.2 Å². The Balaban J connectivity index is 1.97. The average Bonchev–Trinajstić information content (AvgIpc) is 2.20. The van der Waals surface area contributed by atoms with Crippen LogP contribution in [-0.4, -0.2) is 51.3 Å². The molecule has 90 valence electrons. The van der Waals surface area contributed by atoms with E-state index in [1.807, 2.05) is 0 Å². The van der Waals surface area contributed by atoms with Crippen molar-refractivity contribution in [3.63, 3.8) is 0 Å². The third-order valence-corrected chi connectivity index (χ3v) is 2.98. The fourth-order valence-electron chi connectivity index (χ4n) is 2.07. The summed E-state index contributed by atoms with van der Waals surface area (Å²) in [7, 11) is 1.78. The molecule has 0 radical (unpaired) electrons. The van der Waals surface area contributed by atoms with E-state index in [9.17, 15) is 0 Å². The molecular weight excluding hydrogens is 188 g/mol. The molecule has 0 aromatic heterocycles. The normalized spacial score (nSPS) is 19.8. The molecule has 0 atom stereocenters. The van der Waals surface area contributed by atoms with Gasteiger partial charge in [-0.1, -0.05) is 0 Å². The third kappa shape index (κ3) is 6.88. The van der Waals surface area contributed by atoms with Crippen molar-refractivity contribution in [2.24, 2.45) is 0 Å². The predicted octanol–water partition coefficient (Wildman–Crippen LogP) is 1.49. The molecule has 1 aliphatic heterocycles. The summed E-state index contributed by atoms with van der Waals surface area (Å²) >= 11 is 0. The number of nitrogens with zero attached hydrogens (tertiary/aromatic N) is 1. The number of rotatable bonds is 6. The first-order valence-corrected chi connectivity index (χ1v) is 6.35. The smallest absolute Gasteiger partial charge is 0.0462 e. The molecule has 1 rings (SSSR count). The van der Waals surface area contributed by atoms with Crippen LogP contribution in [0.4, 0.5) is 0 Å². The van der Waals surface area contributed by atoms with Crippen molar-refractivity contribution < 1.29 is 4.74 Å². The van der Waals surface area contributed by atoms with Crippen LogP contribution in [0.5, 0.6) is 0 Å². The van der Waals surface area contributed by atoms with Crippen LogP contribution >= 0.6 is 0 Å². The number of hydrogen-bond acceptors (Lipinski definition) is 3. The van der Waals surface area contributed by atoms with E-state index in [4.69, 9.17) is 4.74 Å². The maximum absolute atomic E-state index is 5.05. The van der Waals surface area contributed by atoms with Crippen LogP contribution in [0.2, 0.25) is 0 Å². The maximum Gasteiger partial charge on any atom is 0.0462 e. The molecule has 1 fully saturated rings. The predicted molar refractivity (Wildman–Crippen MR) is 64.3 cm³/mol.